The summed E-state index contributed by atoms with van der Waals surface area (Å²) in [6.07, 6.45) is -1.32. The number of halogens is 2. The van der Waals surface area contributed by atoms with E-state index in [4.69, 9.17) is 0 Å². The first-order valence-electron chi connectivity index (χ1n) is 6.02. The van der Waals surface area contributed by atoms with Crippen LogP contribution >= 0.6 is 31.9 Å². The highest BCUT2D eigenvalue weighted by molar-refractivity contribution is 9.10. The summed E-state index contributed by atoms with van der Waals surface area (Å²) < 4.78 is 8.97. The van der Waals surface area contributed by atoms with Crippen molar-refractivity contribution in [3.05, 3.63) is 0 Å². The monoisotopic (exact) mass is 414 g/mol. The maximum absolute atomic E-state index is 11.7. The minimum atomic E-state index is -1.32. The highest BCUT2D eigenvalue weighted by Gasteiger charge is 2.35. The number of hydrogen-bond donors (Lipinski definition) is 0. The van der Waals surface area contributed by atoms with E-state index >= 15 is 0 Å². The molecule has 0 aliphatic rings. The molecular formula is C13H20Br2O5. The van der Waals surface area contributed by atoms with Gasteiger partial charge in [0, 0.05) is 0 Å². The van der Waals surface area contributed by atoms with Crippen molar-refractivity contribution in [3.8, 4) is 0 Å². The van der Waals surface area contributed by atoms with Crippen molar-refractivity contribution in [1.82, 2.24) is 0 Å². The molecule has 0 radical (unpaired) electrons. The molecule has 5 nitrogen and oxygen atoms in total. The number of carbonyl (C=O) groups excluding carboxylic acids is 3. The fourth-order valence-corrected chi connectivity index (χ4v) is 1.18. The molecule has 0 N–H and O–H groups in total. The summed E-state index contributed by atoms with van der Waals surface area (Å²) in [4.78, 5) is 33.3. The first kappa shape index (κ1) is 19.6. The quantitative estimate of drug-likeness (QED) is 0.389. The molecule has 0 rings (SSSR count). The van der Waals surface area contributed by atoms with Gasteiger partial charge in [0.1, 0.15) is 9.65 Å². The minimum Gasteiger partial charge on any atom is -0.359 e. The standard InChI is InChI=1S/C13H20Br2O5/c1-12(2,3)7(14)9(16)19-11(18)20-10(17)8(15)13(4,5)6/h7-8H,1-6H3. The molecule has 0 heterocycles. The van der Waals surface area contributed by atoms with Gasteiger partial charge in [-0.05, 0) is 10.8 Å². The van der Waals surface area contributed by atoms with Crippen LogP contribution < -0.4 is 0 Å². The molecule has 7 heteroatoms. The summed E-state index contributed by atoms with van der Waals surface area (Å²) in [6, 6.07) is 0. The lowest BCUT2D eigenvalue weighted by atomic mass is 9.92. The lowest BCUT2D eigenvalue weighted by Crippen LogP contribution is -2.35. The Hall–Kier alpha value is -0.430. The van der Waals surface area contributed by atoms with Crippen molar-refractivity contribution >= 4 is 50.0 Å². The van der Waals surface area contributed by atoms with E-state index in [0.29, 0.717) is 0 Å². The number of esters is 2. The Kier molecular flexibility index (Phi) is 6.87. The molecule has 0 aliphatic heterocycles. The molecule has 0 bridgehead atoms. The zero-order valence-corrected chi connectivity index (χ0v) is 15.6. The molecule has 0 amide bonds. The normalized spacial score (nSPS) is 15.2. The highest BCUT2D eigenvalue weighted by Crippen LogP contribution is 2.28. The van der Waals surface area contributed by atoms with E-state index in [2.05, 4.69) is 41.3 Å². The smallest absolute Gasteiger partial charge is 0.359 e. The van der Waals surface area contributed by atoms with Gasteiger partial charge >= 0.3 is 18.1 Å². The second-order valence-electron chi connectivity index (χ2n) is 6.55. The molecule has 0 aromatic carbocycles. The number of rotatable bonds is 2. The van der Waals surface area contributed by atoms with Gasteiger partial charge in [0.05, 0.1) is 0 Å². The van der Waals surface area contributed by atoms with Crippen LogP contribution in [0.15, 0.2) is 0 Å². The third-order valence-corrected chi connectivity index (χ3v) is 5.80. The molecule has 20 heavy (non-hydrogen) atoms. The van der Waals surface area contributed by atoms with Crippen molar-refractivity contribution in [2.75, 3.05) is 0 Å². The van der Waals surface area contributed by atoms with Gasteiger partial charge in [-0.3, -0.25) is 9.59 Å². The van der Waals surface area contributed by atoms with Crippen molar-refractivity contribution in [3.63, 3.8) is 0 Å². The average Bonchev–Trinajstić information content (AvgIpc) is 2.23. The first-order chi connectivity index (χ1) is 8.76. The molecule has 0 saturated heterocycles. The summed E-state index contributed by atoms with van der Waals surface area (Å²) in [5.74, 6) is -1.59. The largest absolute Gasteiger partial charge is 0.524 e. The first-order valence-corrected chi connectivity index (χ1v) is 7.85. The molecule has 2 unspecified atom stereocenters. The zero-order chi connectivity index (χ0) is 16.3. The number of alkyl halides is 2. The Morgan fingerprint density at radius 3 is 1.20 bits per heavy atom. The van der Waals surface area contributed by atoms with E-state index in [1.54, 1.807) is 41.5 Å². The molecule has 0 saturated carbocycles. The third kappa shape index (κ3) is 6.35. The van der Waals surface area contributed by atoms with Gasteiger partial charge in [-0.25, -0.2) is 4.79 Å². The predicted octanol–water partition coefficient (Wildman–Crippen LogP) is 3.81. The minimum absolute atomic E-state index is 0.426. The molecule has 2 atom stereocenters. The van der Waals surface area contributed by atoms with E-state index in [0.717, 1.165) is 0 Å². The lowest BCUT2D eigenvalue weighted by molar-refractivity contribution is -0.147. The highest BCUT2D eigenvalue weighted by atomic mass is 79.9. The summed E-state index contributed by atoms with van der Waals surface area (Å²) in [5.41, 5.74) is -0.852. The molecule has 116 valence electrons. The molecule has 0 aromatic rings. The van der Waals surface area contributed by atoms with E-state index in [1.165, 1.54) is 0 Å². The van der Waals surface area contributed by atoms with E-state index < -0.39 is 38.6 Å². The van der Waals surface area contributed by atoms with E-state index in [9.17, 15) is 14.4 Å². The van der Waals surface area contributed by atoms with Gasteiger partial charge in [-0.15, -0.1) is 0 Å². The Morgan fingerprint density at radius 1 is 0.750 bits per heavy atom. The molecule has 0 aliphatic carbocycles. The summed E-state index contributed by atoms with van der Waals surface area (Å²) in [7, 11) is 0. The van der Waals surface area contributed by atoms with Crippen molar-refractivity contribution in [2.24, 2.45) is 10.8 Å². The lowest BCUT2D eigenvalue weighted by Gasteiger charge is -2.24. The second-order valence-corrected chi connectivity index (χ2v) is 8.38. The van der Waals surface area contributed by atoms with Gasteiger partial charge in [0.25, 0.3) is 0 Å². The van der Waals surface area contributed by atoms with E-state index in [-0.39, 0.29) is 0 Å². The van der Waals surface area contributed by atoms with Crippen LogP contribution in [0.5, 0.6) is 0 Å². The van der Waals surface area contributed by atoms with Crippen molar-refractivity contribution in [1.29, 1.82) is 0 Å². The van der Waals surface area contributed by atoms with Gasteiger partial charge in [-0.2, -0.15) is 0 Å². The zero-order valence-electron chi connectivity index (χ0n) is 12.5. The van der Waals surface area contributed by atoms with Crippen LogP contribution in [0.2, 0.25) is 0 Å². The molecular weight excluding hydrogens is 396 g/mol. The summed E-state index contributed by atoms with van der Waals surface area (Å²) in [6.45, 7) is 10.8. The number of hydrogen-bond acceptors (Lipinski definition) is 5. The fraction of sp³-hybridized carbons (Fsp3) is 0.769. The van der Waals surface area contributed by atoms with Crippen LogP contribution in [0.4, 0.5) is 4.79 Å². The van der Waals surface area contributed by atoms with Crippen LogP contribution in [0.1, 0.15) is 41.5 Å². The van der Waals surface area contributed by atoms with Crippen molar-refractivity contribution in [2.45, 2.75) is 51.2 Å². The Morgan fingerprint density at radius 2 is 1.00 bits per heavy atom. The summed E-state index contributed by atoms with van der Waals surface area (Å²) >= 11 is 6.29. The van der Waals surface area contributed by atoms with Crippen LogP contribution in [-0.2, 0) is 19.1 Å². The summed E-state index contributed by atoms with van der Waals surface area (Å²) in [5, 5.41) is 0. The van der Waals surface area contributed by atoms with Crippen LogP contribution in [-0.4, -0.2) is 27.7 Å². The van der Waals surface area contributed by atoms with Crippen LogP contribution in [0.3, 0.4) is 0 Å². The Balaban J connectivity index is 4.52. The maximum Gasteiger partial charge on any atom is 0.524 e. The van der Waals surface area contributed by atoms with Gasteiger partial charge < -0.3 is 9.47 Å². The predicted molar refractivity (Wildman–Crippen MR) is 81.9 cm³/mol. The second kappa shape index (κ2) is 7.02. The van der Waals surface area contributed by atoms with Crippen molar-refractivity contribution < 1.29 is 23.9 Å². The number of ether oxygens (including phenoxy) is 2. The van der Waals surface area contributed by atoms with Crippen LogP contribution in [0.25, 0.3) is 0 Å². The maximum atomic E-state index is 11.7. The fourth-order valence-electron chi connectivity index (χ4n) is 0.996. The number of carbonyl (C=O) groups is 3. The van der Waals surface area contributed by atoms with Gasteiger partial charge in [-0.1, -0.05) is 73.4 Å². The van der Waals surface area contributed by atoms with Gasteiger partial charge in [0.15, 0.2) is 0 Å². The molecule has 0 fully saturated rings. The van der Waals surface area contributed by atoms with Gasteiger partial charge in [0.2, 0.25) is 0 Å². The molecule has 0 aromatic heterocycles. The SMILES string of the molecule is CC(C)(C)C(Br)C(=O)OC(=O)OC(=O)C(Br)C(C)(C)C. The average molecular weight is 416 g/mol. The Bertz CT molecular complexity index is 357. The third-order valence-electron chi connectivity index (χ3n) is 2.30. The topological polar surface area (TPSA) is 69.7 Å². The Labute approximate surface area is 136 Å². The van der Waals surface area contributed by atoms with Crippen LogP contribution in [0, 0.1) is 10.8 Å². The van der Waals surface area contributed by atoms with E-state index in [1.807, 2.05) is 0 Å². The molecule has 0 spiro atoms.